The standard InChI is InChI=1S/C36H47ClN6O5/c1-36(2,3)48-35(44)43-24-11-12-25(43)19-42(18-24)33-28-13-15-41(20-30(28)38-34(39-33)46-21-26-9-7-14-40(26)4)31-10-6-8-23-16-27(47-22-45-5)17-29(37)32(23)31/h6,8,10,16-17,24-26H,7,9,11-15,18-22H2,1-5H3/t24?,25?,26-/m0/s1. The molecule has 4 aliphatic heterocycles. The molecule has 2 bridgehead atoms. The van der Waals surface area contributed by atoms with E-state index < -0.39 is 5.60 Å². The van der Waals surface area contributed by atoms with Crippen LogP contribution in [0.5, 0.6) is 11.8 Å². The number of amides is 1. The molecule has 0 N–H and O–H groups in total. The van der Waals surface area contributed by atoms with Gasteiger partial charge in [0.25, 0.3) is 0 Å². The summed E-state index contributed by atoms with van der Waals surface area (Å²) in [6.45, 7) is 10.4. The molecule has 48 heavy (non-hydrogen) atoms. The largest absolute Gasteiger partial charge is 0.467 e. The van der Waals surface area contributed by atoms with Crippen LogP contribution in [0.4, 0.5) is 16.3 Å². The first-order chi connectivity index (χ1) is 23.1. The number of benzene rings is 2. The Morgan fingerprint density at radius 1 is 1.02 bits per heavy atom. The highest BCUT2D eigenvalue weighted by Gasteiger charge is 2.45. The van der Waals surface area contributed by atoms with E-state index in [1.807, 2.05) is 37.8 Å². The summed E-state index contributed by atoms with van der Waals surface area (Å²) in [4.78, 5) is 32.4. The van der Waals surface area contributed by atoms with Gasteiger partial charge in [0.15, 0.2) is 6.79 Å². The molecule has 12 heteroatoms. The molecule has 1 amide bonds. The molecule has 3 atom stereocenters. The van der Waals surface area contributed by atoms with Gasteiger partial charge in [-0.25, -0.2) is 4.79 Å². The van der Waals surface area contributed by atoms with Gasteiger partial charge in [0.1, 0.15) is 23.8 Å². The maximum Gasteiger partial charge on any atom is 0.410 e. The van der Waals surface area contributed by atoms with Gasteiger partial charge in [-0.05, 0) is 90.1 Å². The molecular weight excluding hydrogens is 632 g/mol. The number of fused-ring (bicyclic) bond motifs is 4. The van der Waals surface area contributed by atoms with Gasteiger partial charge in [0.2, 0.25) is 0 Å². The predicted octanol–water partition coefficient (Wildman–Crippen LogP) is 5.89. The number of likely N-dealkylation sites (N-methyl/N-ethyl adjacent to an activating group) is 1. The molecule has 3 fully saturated rings. The van der Waals surface area contributed by atoms with Crippen molar-refractivity contribution in [2.24, 2.45) is 0 Å². The number of piperazine rings is 1. The molecule has 3 saturated heterocycles. The monoisotopic (exact) mass is 678 g/mol. The molecule has 2 aromatic carbocycles. The molecule has 0 radical (unpaired) electrons. The number of aromatic nitrogens is 2. The second-order valence-corrected chi connectivity index (χ2v) is 14.9. The average Bonchev–Trinajstić information content (AvgIpc) is 3.59. The lowest BCUT2D eigenvalue weighted by Gasteiger charge is -2.43. The van der Waals surface area contributed by atoms with Gasteiger partial charge in [-0.3, -0.25) is 4.90 Å². The maximum absolute atomic E-state index is 13.2. The van der Waals surface area contributed by atoms with Crippen molar-refractivity contribution in [1.29, 1.82) is 0 Å². The Morgan fingerprint density at radius 2 is 1.81 bits per heavy atom. The number of ether oxygens (including phenoxy) is 4. The molecule has 5 heterocycles. The van der Waals surface area contributed by atoms with E-state index in [2.05, 4.69) is 39.9 Å². The molecule has 0 aliphatic carbocycles. The first kappa shape index (κ1) is 33.0. The van der Waals surface area contributed by atoms with E-state index >= 15 is 0 Å². The maximum atomic E-state index is 13.2. The van der Waals surface area contributed by atoms with Crippen LogP contribution in [0.1, 0.15) is 57.7 Å². The van der Waals surface area contributed by atoms with E-state index in [0.29, 0.717) is 49.1 Å². The van der Waals surface area contributed by atoms with Crippen molar-refractivity contribution in [3.8, 4) is 11.8 Å². The number of anilines is 2. The highest BCUT2D eigenvalue weighted by molar-refractivity contribution is 6.37. The summed E-state index contributed by atoms with van der Waals surface area (Å²) >= 11 is 6.89. The Bertz CT molecular complexity index is 1650. The molecule has 0 spiro atoms. The molecule has 4 aliphatic rings. The lowest BCUT2D eigenvalue weighted by atomic mass is 10.0. The van der Waals surface area contributed by atoms with Gasteiger partial charge in [0.05, 0.1) is 29.3 Å². The van der Waals surface area contributed by atoms with Crippen LogP contribution in [0, 0.1) is 0 Å². The Morgan fingerprint density at radius 3 is 2.52 bits per heavy atom. The number of hydrogen-bond donors (Lipinski definition) is 0. The van der Waals surface area contributed by atoms with Crippen molar-refractivity contribution >= 4 is 40.0 Å². The van der Waals surface area contributed by atoms with Gasteiger partial charge in [-0.1, -0.05) is 23.7 Å². The van der Waals surface area contributed by atoms with Crippen LogP contribution in [0.15, 0.2) is 30.3 Å². The SMILES string of the molecule is COCOc1cc(Cl)c2c(N3CCc4c(nc(OC[C@@H]5CCCN5C)nc4N4CC5CCC(C4)N5C(=O)OC(C)(C)C)C3)cccc2c1. The van der Waals surface area contributed by atoms with Crippen LogP contribution < -0.4 is 19.3 Å². The van der Waals surface area contributed by atoms with Crippen molar-refractivity contribution in [2.45, 2.75) is 83.1 Å². The van der Waals surface area contributed by atoms with Crippen LogP contribution >= 0.6 is 11.6 Å². The molecular formula is C36H47ClN6O5. The first-order valence-corrected chi connectivity index (χ1v) is 17.5. The highest BCUT2D eigenvalue weighted by atomic mass is 35.5. The molecule has 258 valence electrons. The van der Waals surface area contributed by atoms with E-state index in [-0.39, 0.29) is 25.0 Å². The summed E-state index contributed by atoms with van der Waals surface area (Å²) in [6.07, 6.45) is 4.76. The minimum atomic E-state index is -0.528. The molecule has 11 nitrogen and oxygen atoms in total. The molecule has 1 aromatic heterocycles. The quantitative estimate of drug-likeness (QED) is 0.269. The normalized spacial score (nSPS) is 22.7. The Kier molecular flexibility index (Phi) is 9.21. The number of methoxy groups -OCH3 is 1. The number of halogens is 1. The zero-order valence-electron chi connectivity index (χ0n) is 28.7. The number of likely N-dealkylation sites (tertiary alicyclic amines) is 1. The van der Waals surface area contributed by atoms with Gasteiger partial charge in [-0.15, -0.1) is 0 Å². The summed E-state index contributed by atoms with van der Waals surface area (Å²) in [5, 5.41) is 2.62. The number of hydrogen-bond acceptors (Lipinski definition) is 10. The lowest BCUT2D eigenvalue weighted by Crippen LogP contribution is -2.57. The van der Waals surface area contributed by atoms with Crippen molar-refractivity contribution < 1.29 is 23.7 Å². The second kappa shape index (κ2) is 13.4. The molecule has 0 saturated carbocycles. The van der Waals surface area contributed by atoms with Crippen molar-refractivity contribution in [3.05, 3.63) is 46.6 Å². The van der Waals surface area contributed by atoms with Crippen LogP contribution in [-0.2, 0) is 22.4 Å². The Hall–Kier alpha value is -3.54. The fraction of sp³-hybridized carbons (Fsp3) is 0.583. The van der Waals surface area contributed by atoms with Gasteiger partial charge < -0.3 is 33.6 Å². The number of carbonyl (C=O) groups excluding carboxylic acids is 1. The van der Waals surface area contributed by atoms with E-state index in [4.69, 9.17) is 40.5 Å². The molecule has 7 rings (SSSR count). The fourth-order valence-corrected chi connectivity index (χ4v) is 8.09. The average molecular weight is 679 g/mol. The summed E-state index contributed by atoms with van der Waals surface area (Å²) in [5.41, 5.74) is 2.65. The van der Waals surface area contributed by atoms with Crippen LogP contribution in [0.3, 0.4) is 0 Å². The fourth-order valence-electron chi connectivity index (χ4n) is 7.77. The van der Waals surface area contributed by atoms with E-state index in [1.165, 1.54) is 6.42 Å². The van der Waals surface area contributed by atoms with Gasteiger partial charge in [-0.2, -0.15) is 9.97 Å². The predicted molar refractivity (Wildman–Crippen MR) is 186 cm³/mol. The van der Waals surface area contributed by atoms with Crippen LogP contribution in [-0.4, -0.2) is 103 Å². The summed E-state index contributed by atoms with van der Waals surface area (Å²) in [6, 6.07) is 11.0. The first-order valence-electron chi connectivity index (χ1n) is 17.2. The van der Waals surface area contributed by atoms with Gasteiger partial charge in [0, 0.05) is 49.4 Å². The third-order valence-corrected chi connectivity index (χ3v) is 10.3. The van der Waals surface area contributed by atoms with Crippen molar-refractivity contribution in [2.75, 3.05) is 63.5 Å². The Labute approximate surface area is 288 Å². The topological polar surface area (TPSA) is 92.7 Å². The van der Waals surface area contributed by atoms with E-state index in [1.54, 1.807) is 7.11 Å². The summed E-state index contributed by atoms with van der Waals surface area (Å²) in [7, 11) is 3.75. The van der Waals surface area contributed by atoms with E-state index in [0.717, 1.165) is 72.3 Å². The number of rotatable bonds is 8. The third-order valence-electron chi connectivity index (χ3n) is 10.0. The smallest absolute Gasteiger partial charge is 0.410 e. The molecule has 3 aromatic rings. The molecule has 2 unspecified atom stereocenters. The highest BCUT2D eigenvalue weighted by Crippen LogP contribution is 2.40. The lowest BCUT2D eigenvalue weighted by molar-refractivity contribution is 0.0122. The van der Waals surface area contributed by atoms with Crippen LogP contribution in [0.25, 0.3) is 10.8 Å². The zero-order valence-corrected chi connectivity index (χ0v) is 29.5. The Balaban J connectivity index is 1.19. The van der Waals surface area contributed by atoms with E-state index in [9.17, 15) is 4.79 Å². The summed E-state index contributed by atoms with van der Waals surface area (Å²) in [5.74, 6) is 1.61. The minimum absolute atomic E-state index is 0.0800. The third kappa shape index (κ3) is 6.69. The van der Waals surface area contributed by atoms with Crippen LogP contribution in [0.2, 0.25) is 5.02 Å². The van der Waals surface area contributed by atoms with Crippen molar-refractivity contribution in [3.63, 3.8) is 0 Å². The van der Waals surface area contributed by atoms with Gasteiger partial charge >= 0.3 is 12.1 Å². The second-order valence-electron chi connectivity index (χ2n) is 14.5. The zero-order chi connectivity index (χ0) is 33.6. The number of carbonyl (C=O) groups is 1. The van der Waals surface area contributed by atoms with Crippen molar-refractivity contribution in [1.82, 2.24) is 19.8 Å². The summed E-state index contributed by atoms with van der Waals surface area (Å²) < 4.78 is 23.0. The minimum Gasteiger partial charge on any atom is -0.467 e. The number of nitrogens with zero attached hydrogens (tertiary/aromatic N) is 6.